The van der Waals surface area contributed by atoms with E-state index in [-0.39, 0.29) is 17.2 Å². The lowest BCUT2D eigenvalue weighted by atomic mass is 10.1. The van der Waals surface area contributed by atoms with Crippen LogP contribution in [0.15, 0.2) is 92.5 Å². The summed E-state index contributed by atoms with van der Waals surface area (Å²) in [5.74, 6) is 1.08. The van der Waals surface area contributed by atoms with Crippen molar-refractivity contribution in [2.24, 2.45) is 5.10 Å². The number of rotatable bonds is 8. The first kappa shape index (κ1) is 24.4. The van der Waals surface area contributed by atoms with Gasteiger partial charge in [-0.25, -0.2) is 14.6 Å². The van der Waals surface area contributed by atoms with Crippen molar-refractivity contribution in [3.63, 3.8) is 0 Å². The van der Waals surface area contributed by atoms with Crippen molar-refractivity contribution in [3.8, 4) is 28.8 Å². The highest BCUT2D eigenvalue weighted by Crippen LogP contribution is 2.31. The highest BCUT2D eigenvalue weighted by molar-refractivity contribution is 7.85. The Morgan fingerprint density at radius 2 is 1.78 bits per heavy atom. The molecule has 1 atom stereocenters. The third-order valence-electron chi connectivity index (χ3n) is 5.14. The van der Waals surface area contributed by atoms with E-state index in [0.717, 1.165) is 0 Å². The molecule has 1 aromatic heterocycles. The van der Waals surface area contributed by atoms with Gasteiger partial charge >= 0.3 is 0 Å². The van der Waals surface area contributed by atoms with Gasteiger partial charge < -0.3 is 9.47 Å². The van der Waals surface area contributed by atoms with Crippen LogP contribution in [0.5, 0.6) is 11.5 Å². The van der Waals surface area contributed by atoms with Gasteiger partial charge in [0.15, 0.2) is 0 Å². The molecule has 0 bridgehead atoms. The van der Waals surface area contributed by atoms with Crippen LogP contribution in [0.1, 0.15) is 11.1 Å². The van der Waals surface area contributed by atoms with Crippen molar-refractivity contribution < 1.29 is 13.7 Å². The van der Waals surface area contributed by atoms with E-state index >= 15 is 0 Å². The number of ether oxygens (including phenoxy) is 2. The average molecular weight is 500 g/mol. The van der Waals surface area contributed by atoms with Crippen LogP contribution < -0.4 is 20.5 Å². The summed E-state index contributed by atoms with van der Waals surface area (Å²) in [5.41, 5.74) is 3.45. The third-order valence-corrected chi connectivity index (χ3v) is 6.63. The number of hydrogen-bond acceptors (Lipinski definition) is 8. The van der Waals surface area contributed by atoms with Gasteiger partial charge in [-0.15, -0.1) is 0 Å². The number of anilines is 1. The minimum Gasteiger partial charge on any atom is -0.497 e. The maximum absolute atomic E-state index is 13.5. The summed E-state index contributed by atoms with van der Waals surface area (Å²) < 4.78 is 24.1. The topological polar surface area (TPSA) is 129 Å². The SMILES string of the molecule is COc1ccc(OC)c(S(=O)c2ccccc2C=NNc2nc(-c3ccccc3)c(C#N)c(=O)[nH]2)c1. The van der Waals surface area contributed by atoms with Crippen LogP contribution in [0.25, 0.3) is 11.3 Å². The Bertz CT molecular complexity index is 1540. The molecule has 4 aromatic rings. The molecule has 0 aliphatic carbocycles. The summed E-state index contributed by atoms with van der Waals surface area (Å²) in [5, 5.41) is 13.6. The molecular formula is C26H21N5O4S. The number of H-pyrrole nitrogens is 1. The van der Waals surface area contributed by atoms with Gasteiger partial charge in [-0.3, -0.25) is 9.78 Å². The van der Waals surface area contributed by atoms with Gasteiger partial charge in [0, 0.05) is 17.2 Å². The van der Waals surface area contributed by atoms with Gasteiger partial charge in [0.25, 0.3) is 5.56 Å². The number of nitriles is 1. The molecule has 180 valence electrons. The molecule has 0 spiro atoms. The van der Waals surface area contributed by atoms with E-state index in [1.54, 1.807) is 66.7 Å². The van der Waals surface area contributed by atoms with Crippen LogP contribution in [-0.4, -0.2) is 34.6 Å². The van der Waals surface area contributed by atoms with Crippen molar-refractivity contribution in [1.29, 1.82) is 5.26 Å². The lowest BCUT2D eigenvalue weighted by molar-refractivity contribution is 0.393. The first-order valence-corrected chi connectivity index (χ1v) is 11.8. The molecule has 0 amide bonds. The van der Waals surface area contributed by atoms with E-state index in [2.05, 4.69) is 20.5 Å². The first-order valence-electron chi connectivity index (χ1n) is 10.7. The molecule has 9 nitrogen and oxygen atoms in total. The zero-order valence-electron chi connectivity index (χ0n) is 19.4. The van der Waals surface area contributed by atoms with Gasteiger partial charge in [-0.1, -0.05) is 48.5 Å². The Kier molecular flexibility index (Phi) is 7.53. The van der Waals surface area contributed by atoms with Crippen LogP contribution in [0.2, 0.25) is 0 Å². The molecule has 0 aliphatic heterocycles. The van der Waals surface area contributed by atoms with Crippen molar-refractivity contribution in [1.82, 2.24) is 9.97 Å². The van der Waals surface area contributed by atoms with Crippen molar-refractivity contribution >= 4 is 23.0 Å². The van der Waals surface area contributed by atoms with Crippen molar-refractivity contribution in [2.75, 3.05) is 19.6 Å². The number of hydrogen-bond donors (Lipinski definition) is 2. The van der Waals surface area contributed by atoms with Gasteiger partial charge in [-0.05, 0) is 18.2 Å². The summed E-state index contributed by atoms with van der Waals surface area (Å²) in [6, 6.07) is 23.0. The van der Waals surface area contributed by atoms with Gasteiger partial charge in [0.2, 0.25) is 5.95 Å². The Balaban J connectivity index is 1.64. The van der Waals surface area contributed by atoms with E-state index in [1.165, 1.54) is 20.4 Å². The second kappa shape index (κ2) is 11.1. The van der Waals surface area contributed by atoms with Crippen LogP contribution >= 0.6 is 0 Å². The summed E-state index contributed by atoms with van der Waals surface area (Å²) in [7, 11) is 1.44. The van der Waals surface area contributed by atoms with E-state index in [0.29, 0.717) is 32.4 Å². The number of hydrazone groups is 1. The summed E-state index contributed by atoms with van der Waals surface area (Å²) in [6.45, 7) is 0. The summed E-state index contributed by atoms with van der Waals surface area (Å²) >= 11 is 0. The first-order chi connectivity index (χ1) is 17.5. The minimum atomic E-state index is -1.60. The van der Waals surface area contributed by atoms with E-state index in [4.69, 9.17) is 9.47 Å². The molecule has 0 saturated heterocycles. The van der Waals surface area contributed by atoms with Crippen molar-refractivity contribution in [3.05, 3.63) is 94.3 Å². The van der Waals surface area contributed by atoms with E-state index < -0.39 is 16.4 Å². The van der Waals surface area contributed by atoms with Gasteiger partial charge in [0.1, 0.15) is 23.1 Å². The Hall–Kier alpha value is -4.75. The normalized spacial score (nSPS) is 11.6. The smallest absolute Gasteiger partial charge is 0.270 e. The number of methoxy groups -OCH3 is 2. The van der Waals surface area contributed by atoms with Crippen LogP contribution in [0.3, 0.4) is 0 Å². The number of nitrogens with one attached hydrogen (secondary N) is 2. The molecule has 0 radical (unpaired) electrons. The number of aromatic amines is 1. The fraction of sp³-hybridized carbons (Fsp3) is 0.0769. The number of benzene rings is 3. The van der Waals surface area contributed by atoms with E-state index in [1.807, 2.05) is 12.1 Å². The van der Waals surface area contributed by atoms with Crippen LogP contribution in [0, 0.1) is 11.3 Å². The van der Waals surface area contributed by atoms with E-state index in [9.17, 15) is 14.3 Å². The predicted octanol–water partition coefficient (Wildman–Crippen LogP) is 3.94. The molecule has 0 saturated carbocycles. The fourth-order valence-electron chi connectivity index (χ4n) is 3.40. The Labute approximate surface area is 209 Å². The highest BCUT2D eigenvalue weighted by Gasteiger charge is 2.17. The molecule has 0 aliphatic rings. The maximum Gasteiger partial charge on any atom is 0.270 e. The average Bonchev–Trinajstić information content (AvgIpc) is 2.92. The Morgan fingerprint density at radius 1 is 1.03 bits per heavy atom. The summed E-state index contributed by atoms with van der Waals surface area (Å²) in [4.78, 5) is 20.3. The third kappa shape index (κ3) is 5.16. The molecular weight excluding hydrogens is 478 g/mol. The number of aromatic nitrogens is 2. The fourth-order valence-corrected chi connectivity index (χ4v) is 4.73. The van der Waals surface area contributed by atoms with Crippen LogP contribution in [0.4, 0.5) is 5.95 Å². The molecule has 4 rings (SSSR count). The second-order valence-electron chi connectivity index (χ2n) is 7.31. The monoisotopic (exact) mass is 499 g/mol. The lowest BCUT2D eigenvalue weighted by Gasteiger charge is -2.11. The zero-order valence-corrected chi connectivity index (χ0v) is 20.2. The molecule has 10 heteroatoms. The quantitative estimate of drug-likeness (QED) is 0.277. The molecule has 1 unspecified atom stereocenters. The van der Waals surface area contributed by atoms with Gasteiger partial charge in [0.05, 0.1) is 46.7 Å². The van der Waals surface area contributed by atoms with Crippen molar-refractivity contribution in [2.45, 2.75) is 9.79 Å². The maximum atomic E-state index is 13.5. The molecule has 2 N–H and O–H groups in total. The zero-order chi connectivity index (χ0) is 25.5. The number of nitrogens with zero attached hydrogens (tertiary/aromatic N) is 3. The lowest BCUT2D eigenvalue weighted by Crippen LogP contribution is -2.16. The second-order valence-corrected chi connectivity index (χ2v) is 8.73. The largest absolute Gasteiger partial charge is 0.497 e. The molecule has 1 heterocycles. The Morgan fingerprint density at radius 3 is 2.50 bits per heavy atom. The molecule has 3 aromatic carbocycles. The molecule has 36 heavy (non-hydrogen) atoms. The summed E-state index contributed by atoms with van der Waals surface area (Å²) in [6.07, 6.45) is 1.47. The minimum absolute atomic E-state index is 0.0576. The predicted molar refractivity (Wildman–Crippen MR) is 137 cm³/mol. The van der Waals surface area contributed by atoms with Crippen LogP contribution in [-0.2, 0) is 10.8 Å². The van der Waals surface area contributed by atoms with Gasteiger partial charge in [-0.2, -0.15) is 10.4 Å². The standard InChI is InChI=1S/C26H21N5O4S/c1-34-19-12-13-21(35-2)23(14-19)36(33)22-11-7-6-10-18(22)16-28-31-26-29-24(17-8-4-3-5-9-17)20(15-27)25(32)30-26/h3-14,16H,1-2H3,(H2,29,30,31,32). The highest BCUT2D eigenvalue weighted by atomic mass is 32.2. The molecule has 0 fully saturated rings.